The van der Waals surface area contributed by atoms with Crippen LogP contribution in [0.25, 0.3) is 0 Å². The Morgan fingerprint density at radius 2 is 1.79 bits per heavy atom. The summed E-state index contributed by atoms with van der Waals surface area (Å²) in [5.41, 5.74) is 1.47. The van der Waals surface area contributed by atoms with Crippen molar-refractivity contribution in [3.63, 3.8) is 0 Å². The minimum atomic E-state index is 0.614. The molecule has 4 nitrogen and oxygen atoms in total. The van der Waals surface area contributed by atoms with E-state index in [1.165, 1.54) is 37.7 Å². The molecule has 4 rings (SSSR count). The van der Waals surface area contributed by atoms with Crippen molar-refractivity contribution < 1.29 is 0 Å². The van der Waals surface area contributed by atoms with Crippen molar-refractivity contribution in [2.24, 2.45) is 5.92 Å². The number of nitrogens with zero attached hydrogens (tertiary/aromatic N) is 4. The Bertz CT molecular complexity index is 736. The number of hydrogen-bond acceptors (Lipinski definition) is 3. The molecule has 0 amide bonds. The summed E-state index contributed by atoms with van der Waals surface area (Å²) < 4.78 is 5.18. The lowest BCUT2D eigenvalue weighted by atomic mass is 9.90. The van der Waals surface area contributed by atoms with Crippen LogP contribution in [0.1, 0.15) is 43.1 Å². The van der Waals surface area contributed by atoms with Crippen molar-refractivity contribution >= 4 is 12.2 Å². The van der Waals surface area contributed by atoms with E-state index in [9.17, 15) is 0 Å². The summed E-state index contributed by atoms with van der Waals surface area (Å²) in [5, 5.41) is 4.69. The van der Waals surface area contributed by atoms with Gasteiger partial charge < -0.3 is 4.57 Å². The van der Waals surface area contributed by atoms with Crippen LogP contribution in [-0.4, -0.2) is 32.3 Å². The molecule has 1 saturated heterocycles. The van der Waals surface area contributed by atoms with Crippen molar-refractivity contribution in [2.75, 3.05) is 13.1 Å². The van der Waals surface area contributed by atoms with Gasteiger partial charge in [0.1, 0.15) is 5.82 Å². The Morgan fingerprint density at radius 1 is 1.08 bits per heavy atom. The SMILES string of the molecule is Cc1nn(CN2CCC(Cc3ccccc3)CC2)c(=S)n1C1CC1. The molecule has 1 aliphatic carbocycles. The summed E-state index contributed by atoms with van der Waals surface area (Å²) >= 11 is 5.64. The first-order chi connectivity index (χ1) is 11.7. The third kappa shape index (κ3) is 3.47. The van der Waals surface area contributed by atoms with E-state index in [1.54, 1.807) is 0 Å². The Hall–Kier alpha value is -1.46. The molecule has 0 radical (unpaired) electrons. The highest BCUT2D eigenvalue weighted by Gasteiger charge is 2.27. The number of aryl methyl sites for hydroxylation is 1. The molecule has 0 atom stereocenters. The maximum Gasteiger partial charge on any atom is 0.199 e. The van der Waals surface area contributed by atoms with Crippen molar-refractivity contribution in [3.8, 4) is 0 Å². The van der Waals surface area contributed by atoms with Gasteiger partial charge in [0.15, 0.2) is 4.77 Å². The lowest BCUT2D eigenvalue weighted by Gasteiger charge is -2.31. The largest absolute Gasteiger partial charge is 0.301 e. The normalized spacial score (nSPS) is 19.7. The van der Waals surface area contributed by atoms with Gasteiger partial charge in [-0.2, -0.15) is 5.10 Å². The van der Waals surface area contributed by atoms with Gasteiger partial charge in [-0.3, -0.25) is 4.90 Å². The highest BCUT2D eigenvalue weighted by Crippen LogP contribution is 2.36. The topological polar surface area (TPSA) is 26.0 Å². The van der Waals surface area contributed by atoms with Crippen LogP contribution < -0.4 is 0 Å². The van der Waals surface area contributed by atoms with Gasteiger partial charge in [-0.15, -0.1) is 0 Å². The molecule has 1 aliphatic heterocycles. The average molecular weight is 343 g/mol. The van der Waals surface area contributed by atoms with E-state index < -0.39 is 0 Å². The highest BCUT2D eigenvalue weighted by atomic mass is 32.1. The molecule has 128 valence electrons. The van der Waals surface area contributed by atoms with E-state index in [2.05, 4.69) is 51.8 Å². The van der Waals surface area contributed by atoms with Gasteiger partial charge in [0, 0.05) is 19.1 Å². The quantitative estimate of drug-likeness (QED) is 0.769. The Kier molecular flexibility index (Phi) is 4.55. The number of aromatic nitrogens is 3. The van der Waals surface area contributed by atoms with Crippen LogP contribution in [0.15, 0.2) is 30.3 Å². The molecule has 1 aromatic carbocycles. The number of rotatable bonds is 5. The monoisotopic (exact) mass is 342 g/mol. The van der Waals surface area contributed by atoms with E-state index in [1.807, 2.05) is 4.68 Å². The van der Waals surface area contributed by atoms with E-state index in [0.717, 1.165) is 36.3 Å². The lowest BCUT2D eigenvalue weighted by Crippen LogP contribution is -2.36. The van der Waals surface area contributed by atoms with Crippen molar-refractivity contribution in [3.05, 3.63) is 46.5 Å². The average Bonchev–Trinajstić information content (AvgIpc) is 3.38. The summed E-state index contributed by atoms with van der Waals surface area (Å²) in [4.78, 5) is 2.50. The molecule has 0 N–H and O–H groups in total. The van der Waals surface area contributed by atoms with Crippen molar-refractivity contribution in [1.29, 1.82) is 0 Å². The van der Waals surface area contributed by atoms with Crippen LogP contribution in [0.3, 0.4) is 0 Å². The summed E-state index contributed by atoms with van der Waals surface area (Å²) in [7, 11) is 0. The first kappa shape index (κ1) is 16.0. The Morgan fingerprint density at radius 3 is 2.46 bits per heavy atom. The van der Waals surface area contributed by atoms with E-state index in [-0.39, 0.29) is 0 Å². The predicted molar refractivity (Wildman–Crippen MR) is 98.5 cm³/mol. The van der Waals surface area contributed by atoms with Crippen LogP contribution in [0.5, 0.6) is 0 Å². The van der Waals surface area contributed by atoms with Crippen LogP contribution in [0, 0.1) is 17.6 Å². The van der Waals surface area contributed by atoms with Crippen LogP contribution in [0.4, 0.5) is 0 Å². The molecule has 0 spiro atoms. The smallest absolute Gasteiger partial charge is 0.199 e. The highest BCUT2D eigenvalue weighted by molar-refractivity contribution is 7.71. The summed E-state index contributed by atoms with van der Waals surface area (Å²) in [6, 6.07) is 11.5. The molecule has 1 saturated carbocycles. The van der Waals surface area contributed by atoms with E-state index in [0.29, 0.717) is 6.04 Å². The summed E-state index contributed by atoms with van der Waals surface area (Å²) in [6.07, 6.45) is 6.26. The van der Waals surface area contributed by atoms with Gasteiger partial charge in [0.05, 0.1) is 6.67 Å². The zero-order valence-electron chi connectivity index (χ0n) is 14.4. The third-order valence-electron chi connectivity index (χ3n) is 5.36. The molecular formula is C19H26N4S. The minimum Gasteiger partial charge on any atom is -0.301 e. The molecule has 1 aromatic heterocycles. The molecular weight excluding hydrogens is 316 g/mol. The maximum atomic E-state index is 5.64. The zero-order chi connectivity index (χ0) is 16.5. The lowest BCUT2D eigenvalue weighted by molar-refractivity contribution is 0.139. The molecule has 2 aliphatic rings. The van der Waals surface area contributed by atoms with Gasteiger partial charge in [-0.05, 0) is 62.7 Å². The molecule has 2 aromatic rings. The van der Waals surface area contributed by atoms with Crippen molar-refractivity contribution in [2.45, 2.75) is 51.7 Å². The number of hydrogen-bond donors (Lipinski definition) is 0. The minimum absolute atomic E-state index is 0.614. The Labute approximate surface area is 149 Å². The van der Waals surface area contributed by atoms with E-state index >= 15 is 0 Å². The molecule has 24 heavy (non-hydrogen) atoms. The standard InChI is InChI=1S/C19H26N4S/c1-15-20-22(19(24)23(15)18-7-8-18)14-21-11-9-17(10-12-21)13-16-5-3-2-4-6-16/h2-6,17-18H,7-14H2,1H3. The fraction of sp³-hybridized carbons (Fsp3) is 0.579. The van der Waals surface area contributed by atoms with E-state index in [4.69, 9.17) is 12.2 Å². The summed E-state index contributed by atoms with van der Waals surface area (Å²) in [6.45, 7) is 5.22. The molecule has 0 bridgehead atoms. The summed E-state index contributed by atoms with van der Waals surface area (Å²) in [5.74, 6) is 1.88. The van der Waals surface area contributed by atoms with Gasteiger partial charge in [0.2, 0.25) is 0 Å². The second-order valence-corrected chi connectivity index (χ2v) is 7.69. The third-order valence-corrected chi connectivity index (χ3v) is 5.77. The van der Waals surface area contributed by atoms with Crippen LogP contribution in [-0.2, 0) is 13.1 Å². The van der Waals surface area contributed by atoms with Crippen LogP contribution >= 0.6 is 12.2 Å². The molecule has 2 fully saturated rings. The molecule has 5 heteroatoms. The molecule has 0 unspecified atom stereocenters. The van der Waals surface area contributed by atoms with Crippen molar-refractivity contribution in [1.82, 2.24) is 19.2 Å². The van der Waals surface area contributed by atoms with Gasteiger partial charge in [-0.25, -0.2) is 4.68 Å². The number of likely N-dealkylation sites (tertiary alicyclic amines) is 1. The number of benzene rings is 1. The first-order valence-electron chi connectivity index (χ1n) is 9.13. The number of piperidine rings is 1. The second-order valence-electron chi connectivity index (χ2n) is 7.32. The van der Waals surface area contributed by atoms with Gasteiger partial charge in [-0.1, -0.05) is 30.3 Å². The van der Waals surface area contributed by atoms with Gasteiger partial charge >= 0.3 is 0 Å². The fourth-order valence-electron chi connectivity index (χ4n) is 3.84. The maximum absolute atomic E-state index is 5.64. The second kappa shape index (κ2) is 6.81. The van der Waals surface area contributed by atoms with Gasteiger partial charge in [0.25, 0.3) is 0 Å². The fourth-order valence-corrected chi connectivity index (χ4v) is 4.22. The zero-order valence-corrected chi connectivity index (χ0v) is 15.2. The predicted octanol–water partition coefficient (Wildman–Crippen LogP) is 3.97. The first-order valence-corrected chi connectivity index (χ1v) is 9.54. The Balaban J connectivity index is 1.33. The van der Waals surface area contributed by atoms with Crippen LogP contribution in [0.2, 0.25) is 0 Å². The molecule has 2 heterocycles.